The summed E-state index contributed by atoms with van der Waals surface area (Å²) in [4.78, 5) is 2.11. The van der Waals surface area contributed by atoms with Gasteiger partial charge in [-0.3, -0.25) is 0 Å². The second-order valence-corrected chi connectivity index (χ2v) is 5.97. The van der Waals surface area contributed by atoms with Gasteiger partial charge in [0.1, 0.15) is 0 Å². The van der Waals surface area contributed by atoms with Crippen LogP contribution in [0.1, 0.15) is 12.8 Å². The Morgan fingerprint density at radius 1 is 1.40 bits per heavy atom. The first-order valence-corrected chi connectivity index (χ1v) is 7.60. The van der Waals surface area contributed by atoms with Crippen molar-refractivity contribution in [2.24, 2.45) is 5.92 Å². The van der Waals surface area contributed by atoms with Gasteiger partial charge in [-0.2, -0.15) is 24.5 Å². The van der Waals surface area contributed by atoms with Gasteiger partial charge in [0.2, 0.25) is 0 Å². The lowest BCUT2D eigenvalue weighted by atomic mass is 9.91. The van der Waals surface area contributed by atoms with Crippen LogP contribution in [0.2, 0.25) is 0 Å². The largest absolute Gasteiger partial charge is 0.401 e. The van der Waals surface area contributed by atoms with Crippen LogP contribution in [-0.4, -0.2) is 43.6 Å². The third-order valence-corrected chi connectivity index (χ3v) is 4.21. The van der Waals surface area contributed by atoms with E-state index in [-0.39, 0.29) is 18.6 Å². The predicted molar refractivity (Wildman–Crippen MR) is 74.2 cm³/mol. The normalized spacial score (nSPS) is 24.1. The number of halogens is 3. The molecule has 2 rings (SSSR count). The zero-order chi connectivity index (χ0) is 14.6. The summed E-state index contributed by atoms with van der Waals surface area (Å²) in [7, 11) is 0. The maximum atomic E-state index is 12.3. The van der Waals surface area contributed by atoms with Crippen molar-refractivity contribution in [3.8, 4) is 0 Å². The molecule has 1 aliphatic heterocycles. The van der Waals surface area contributed by atoms with E-state index in [4.69, 9.17) is 5.11 Å². The number of hydrogen-bond acceptors (Lipinski definition) is 4. The van der Waals surface area contributed by atoms with Gasteiger partial charge in [0.05, 0.1) is 6.54 Å². The fraction of sp³-hybridized carbons (Fsp3) is 0.692. The lowest BCUT2D eigenvalue weighted by Gasteiger charge is -2.39. The average molecular weight is 308 g/mol. The van der Waals surface area contributed by atoms with E-state index in [1.807, 2.05) is 16.8 Å². The van der Waals surface area contributed by atoms with Gasteiger partial charge in [0.15, 0.2) is 0 Å². The Morgan fingerprint density at radius 2 is 2.20 bits per heavy atom. The van der Waals surface area contributed by atoms with Crippen molar-refractivity contribution in [3.63, 3.8) is 0 Å². The fourth-order valence-electron chi connectivity index (χ4n) is 2.65. The van der Waals surface area contributed by atoms with E-state index in [0.29, 0.717) is 19.4 Å². The molecule has 2 heterocycles. The quantitative estimate of drug-likeness (QED) is 0.877. The molecule has 1 saturated heterocycles. The molecule has 0 amide bonds. The molecular weight excluding hydrogens is 289 g/mol. The van der Waals surface area contributed by atoms with Crippen molar-refractivity contribution in [3.05, 3.63) is 16.8 Å². The van der Waals surface area contributed by atoms with Crippen molar-refractivity contribution in [1.82, 2.24) is 5.32 Å². The first-order valence-electron chi connectivity index (χ1n) is 6.66. The number of aliphatic hydroxyl groups excluding tert-OH is 1. The van der Waals surface area contributed by atoms with Crippen molar-refractivity contribution in [1.29, 1.82) is 0 Å². The van der Waals surface area contributed by atoms with Gasteiger partial charge in [0.25, 0.3) is 0 Å². The second-order valence-electron chi connectivity index (χ2n) is 5.19. The highest BCUT2D eigenvalue weighted by Gasteiger charge is 2.32. The van der Waals surface area contributed by atoms with Crippen molar-refractivity contribution >= 4 is 17.0 Å². The number of aliphatic hydroxyl groups is 1. The summed E-state index contributed by atoms with van der Waals surface area (Å²) < 4.78 is 36.9. The van der Waals surface area contributed by atoms with Crippen molar-refractivity contribution in [2.45, 2.75) is 25.1 Å². The first-order chi connectivity index (χ1) is 9.48. The van der Waals surface area contributed by atoms with Crippen molar-refractivity contribution < 1.29 is 18.3 Å². The molecule has 114 valence electrons. The highest BCUT2D eigenvalue weighted by Crippen LogP contribution is 2.27. The van der Waals surface area contributed by atoms with Crippen LogP contribution in [0.25, 0.3) is 0 Å². The smallest absolute Gasteiger partial charge is 0.396 e. The Balaban J connectivity index is 1.97. The number of nitrogens with zero attached hydrogens (tertiary/aromatic N) is 1. The highest BCUT2D eigenvalue weighted by atomic mass is 32.1. The molecule has 0 bridgehead atoms. The molecule has 1 aliphatic rings. The monoisotopic (exact) mass is 308 g/mol. The zero-order valence-corrected chi connectivity index (χ0v) is 11.9. The third kappa shape index (κ3) is 4.64. The topological polar surface area (TPSA) is 35.5 Å². The molecule has 7 heteroatoms. The van der Waals surface area contributed by atoms with E-state index in [1.54, 1.807) is 11.3 Å². The first kappa shape index (κ1) is 15.6. The molecule has 0 aromatic carbocycles. The number of rotatable bonds is 5. The molecule has 0 saturated carbocycles. The maximum Gasteiger partial charge on any atom is 0.401 e. The van der Waals surface area contributed by atoms with E-state index in [0.717, 1.165) is 12.2 Å². The molecule has 2 atom stereocenters. The van der Waals surface area contributed by atoms with Crippen LogP contribution in [0.5, 0.6) is 0 Å². The molecule has 1 fully saturated rings. The SMILES string of the molecule is OCCC1CC(NCC(F)(F)F)CN(c2ccsc2)C1. The predicted octanol–water partition coefficient (Wildman–Crippen LogP) is 2.48. The van der Waals surface area contributed by atoms with Crippen LogP contribution < -0.4 is 10.2 Å². The molecule has 2 unspecified atom stereocenters. The van der Waals surface area contributed by atoms with Gasteiger partial charge >= 0.3 is 6.18 Å². The molecule has 0 aliphatic carbocycles. The van der Waals surface area contributed by atoms with Gasteiger partial charge in [-0.1, -0.05) is 0 Å². The number of anilines is 1. The van der Waals surface area contributed by atoms with Gasteiger partial charge in [-0.25, -0.2) is 0 Å². The summed E-state index contributed by atoms with van der Waals surface area (Å²) in [5.41, 5.74) is 1.05. The number of thiophene rings is 1. The second kappa shape index (κ2) is 6.78. The minimum atomic E-state index is -4.18. The van der Waals surface area contributed by atoms with E-state index in [1.165, 1.54) is 0 Å². The molecule has 0 spiro atoms. The van der Waals surface area contributed by atoms with E-state index in [2.05, 4.69) is 10.2 Å². The zero-order valence-electron chi connectivity index (χ0n) is 11.1. The van der Waals surface area contributed by atoms with E-state index >= 15 is 0 Å². The number of nitrogens with one attached hydrogen (secondary N) is 1. The molecule has 20 heavy (non-hydrogen) atoms. The minimum absolute atomic E-state index is 0.0775. The van der Waals surface area contributed by atoms with Crippen LogP contribution in [-0.2, 0) is 0 Å². The molecular formula is C13H19F3N2OS. The van der Waals surface area contributed by atoms with E-state index < -0.39 is 12.7 Å². The Labute approximate surface area is 120 Å². The molecule has 1 aromatic rings. The lowest BCUT2D eigenvalue weighted by molar-refractivity contribution is -0.126. The van der Waals surface area contributed by atoms with E-state index in [9.17, 15) is 13.2 Å². The van der Waals surface area contributed by atoms with Gasteiger partial charge in [-0.05, 0) is 30.2 Å². The Hall–Kier alpha value is -0.790. The standard InChI is InChI=1S/C13H19F3N2OS/c14-13(15,16)9-17-11-5-10(1-3-19)6-18(7-11)12-2-4-20-8-12/h2,4,8,10-11,17,19H,1,3,5-7,9H2. The summed E-state index contributed by atoms with van der Waals surface area (Å²) in [5, 5.41) is 15.6. The minimum Gasteiger partial charge on any atom is -0.396 e. The average Bonchev–Trinajstić information content (AvgIpc) is 2.89. The summed E-state index contributed by atoms with van der Waals surface area (Å²) in [5.74, 6) is 0.222. The summed E-state index contributed by atoms with van der Waals surface area (Å²) >= 11 is 1.58. The maximum absolute atomic E-state index is 12.3. The Kier molecular flexibility index (Phi) is 5.29. The number of alkyl halides is 3. The van der Waals surface area contributed by atoms with Gasteiger partial charge in [-0.15, -0.1) is 0 Å². The fourth-order valence-corrected chi connectivity index (χ4v) is 3.32. The van der Waals surface area contributed by atoms with Crippen LogP contribution in [0.3, 0.4) is 0 Å². The molecule has 1 aromatic heterocycles. The van der Waals surface area contributed by atoms with Gasteiger partial charge < -0.3 is 15.3 Å². The van der Waals surface area contributed by atoms with Crippen LogP contribution in [0, 0.1) is 5.92 Å². The lowest BCUT2D eigenvalue weighted by Crippen LogP contribution is -2.51. The molecule has 0 radical (unpaired) electrons. The molecule has 3 nitrogen and oxygen atoms in total. The number of piperidine rings is 1. The van der Waals surface area contributed by atoms with Gasteiger partial charge in [0, 0.05) is 36.8 Å². The van der Waals surface area contributed by atoms with Crippen LogP contribution in [0.15, 0.2) is 16.8 Å². The molecule has 2 N–H and O–H groups in total. The van der Waals surface area contributed by atoms with Crippen LogP contribution in [0.4, 0.5) is 18.9 Å². The summed E-state index contributed by atoms with van der Waals surface area (Å²) in [6, 6.07) is 1.79. The highest BCUT2D eigenvalue weighted by molar-refractivity contribution is 7.08. The van der Waals surface area contributed by atoms with Crippen LogP contribution >= 0.6 is 11.3 Å². The Bertz CT molecular complexity index is 397. The Morgan fingerprint density at radius 3 is 2.80 bits per heavy atom. The summed E-state index contributed by atoms with van der Waals surface area (Å²) in [6.45, 7) is 0.491. The third-order valence-electron chi connectivity index (χ3n) is 3.54. The van der Waals surface area contributed by atoms with Crippen molar-refractivity contribution in [2.75, 3.05) is 31.1 Å². The summed E-state index contributed by atoms with van der Waals surface area (Å²) in [6.07, 6.45) is -2.88. The number of hydrogen-bond donors (Lipinski definition) is 2.